The first-order valence-electron chi connectivity index (χ1n) is 6.52. The van der Waals surface area contributed by atoms with Gasteiger partial charge in [0.05, 0.1) is 0 Å². The first-order chi connectivity index (χ1) is 9.29. The second-order valence-electron chi connectivity index (χ2n) is 4.70. The second-order valence-corrected chi connectivity index (χ2v) is 4.70. The molecule has 0 fully saturated rings. The van der Waals surface area contributed by atoms with Crippen molar-refractivity contribution in [3.8, 4) is 0 Å². The quantitative estimate of drug-likeness (QED) is 0.817. The van der Waals surface area contributed by atoms with Gasteiger partial charge in [-0.3, -0.25) is 0 Å². The van der Waals surface area contributed by atoms with Crippen LogP contribution in [-0.2, 0) is 11.3 Å². The van der Waals surface area contributed by atoms with Crippen molar-refractivity contribution in [1.82, 2.24) is 5.32 Å². The van der Waals surface area contributed by atoms with E-state index in [1.165, 1.54) is 0 Å². The molecule has 1 amide bonds. The Morgan fingerprint density at radius 1 is 1.26 bits per heavy atom. The van der Waals surface area contributed by atoms with Crippen molar-refractivity contribution in [3.63, 3.8) is 0 Å². The highest BCUT2D eigenvalue weighted by Crippen LogP contribution is 2.18. The summed E-state index contributed by atoms with van der Waals surface area (Å²) in [6.07, 6.45) is 5.16. The summed E-state index contributed by atoms with van der Waals surface area (Å²) >= 11 is 0. The number of hydrogen-bond acceptors (Lipinski definition) is 3. The van der Waals surface area contributed by atoms with Crippen molar-refractivity contribution in [1.29, 1.82) is 0 Å². The average Bonchev–Trinajstić information content (AvgIpc) is 2.47. The largest absolute Gasteiger partial charge is 0.445 e. The van der Waals surface area contributed by atoms with Crippen molar-refractivity contribution in [3.05, 3.63) is 48.0 Å². The molecule has 19 heavy (non-hydrogen) atoms. The number of ether oxygens (including phenoxy) is 1. The van der Waals surface area contributed by atoms with Crippen LogP contribution in [0, 0.1) is 5.92 Å². The average molecular weight is 261 g/mol. The maximum absolute atomic E-state index is 11.7. The van der Waals surface area contributed by atoms with E-state index in [2.05, 4.69) is 5.32 Å². The molecule has 2 atom stereocenters. The summed E-state index contributed by atoms with van der Waals surface area (Å²) in [5.74, 6) is 0.0780. The molecular weight excluding hydrogens is 242 g/mol. The second kappa shape index (κ2) is 6.95. The van der Waals surface area contributed by atoms with Crippen LogP contribution in [0.5, 0.6) is 0 Å². The Morgan fingerprint density at radius 3 is 2.74 bits per heavy atom. The standard InChI is InChI=1S/C15H19NO3/c17-10-13-8-4-5-9-14(13)16-15(18)19-11-12-6-2-1-3-7-12/h1-7,13-14,17H,8-11H2,(H,16,18)/t13-,14-/m0/s1. The summed E-state index contributed by atoms with van der Waals surface area (Å²) in [7, 11) is 0. The van der Waals surface area contributed by atoms with Crippen molar-refractivity contribution in [2.24, 2.45) is 5.92 Å². The third kappa shape index (κ3) is 4.10. The molecule has 102 valence electrons. The molecule has 0 unspecified atom stereocenters. The number of aliphatic hydroxyl groups is 1. The first kappa shape index (κ1) is 13.6. The van der Waals surface area contributed by atoms with Crippen molar-refractivity contribution in [2.45, 2.75) is 25.5 Å². The lowest BCUT2D eigenvalue weighted by Gasteiger charge is -2.27. The van der Waals surface area contributed by atoms with E-state index in [1.54, 1.807) is 0 Å². The van der Waals surface area contributed by atoms with Crippen LogP contribution in [0.25, 0.3) is 0 Å². The third-order valence-electron chi connectivity index (χ3n) is 3.32. The number of amides is 1. The topological polar surface area (TPSA) is 58.6 Å². The SMILES string of the molecule is O=C(N[C@H]1CC=CC[C@H]1CO)OCc1ccccc1. The fraction of sp³-hybridized carbons (Fsp3) is 0.400. The molecule has 0 heterocycles. The smallest absolute Gasteiger partial charge is 0.407 e. The number of rotatable bonds is 4. The Balaban J connectivity index is 1.79. The number of carbonyl (C=O) groups excluding carboxylic acids is 1. The molecule has 0 saturated heterocycles. The fourth-order valence-corrected chi connectivity index (χ4v) is 2.17. The molecule has 0 aliphatic heterocycles. The van der Waals surface area contributed by atoms with Gasteiger partial charge in [0, 0.05) is 18.6 Å². The van der Waals surface area contributed by atoms with E-state index in [-0.39, 0.29) is 25.2 Å². The van der Waals surface area contributed by atoms with Crippen LogP contribution >= 0.6 is 0 Å². The number of hydrogen-bond donors (Lipinski definition) is 2. The zero-order chi connectivity index (χ0) is 13.5. The lowest BCUT2D eigenvalue weighted by atomic mass is 9.90. The van der Waals surface area contributed by atoms with Crippen LogP contribution in [0.2, 0.25) is 0 Å². The van der Waals surface area contributed by atoms with Gasteiger partial charge in [-0.15, -0.1) is 0 Å². The zero-order valence-electron chi connectivity index (χ0n) is 10.8. The monoisotopic (exact) mass is 261 g/mol. The van der Waals surface area contributed by atoms with Gasteiger partial charge in [-0.2, -0.15) is 0 Å². The summed E-state index contributed by atoms with van der Waals surface area (Å²) in [6.45, 7) is 0.340. The van der Waals surface area contributed by atoms with Gasteiger partial charge >= 0.3 is 6.09 Å². The molecule has 2 N–H and O–H groups in total. The Hall–Kier alpha value is -1.81. The number of aliphatic hydroxyl groups excluding tert-OH is 1. The van der Waals surface area contributed by atoms with Gasteiger partial charge in [0.2, 0.25) is 0 Å². The van der Waals surface area contributed by atoms with Gasteiger partial charge in [0.25, 0.3) is 0 Å². The van der Waals surface area contributed by atoms with Gasteiger partial charge < -0.3 is 15.2 Å². The number of nitrogens with one attached hydrogen (secondary N) is 1. The molecular formula is C15H19NO3. The predicted octanol–water partition coefficient (Wildman–Crippen LogP) is 2.24. The van der Waals surface area contributed by atoms with Crippen LogP contribution in [0.3, 0.4) is 0 Å². The molecule has 2 rings (SSSR count). The first-order valence-corrected chi connectivity index (χ1v) is 6.52. The van der Waals surface area contributed by atoms with E-state index in [9.17, 15) is 9.90 Å². The molecule has 1 aliphatic carbocycles. The summed E-state index contributed by atoms with van der Waals surface area (Å²) in [6, 6.07) is 9.51. The van der Waals surface area contributed by atoms with Crippen LogP contribution in [0.1, 0.15) is 18.4 Å². The van der Waals surface area contributed by atoms with E-state index >= 15 is 0 Å². The number of benzene rings is 1. The molecule has 4 heteroatoms. The van der Waals surface area contributed by atoms with Crippen molar-refractivity contribution >= 4 is 6.09 Å². The Bertz CT molecular complexity index is 430. The normalized spacial score (nSPS) is 21.9. The molecule has 0 radical (unpaired) electrons. The van der Waals surface area contributed by atoms with Crippen LogP contribution in [0.4, 0.5) is 4.79 Å². The maximum Gasteiger partial charge on any atom is 0.407 e. The number of alkyl carbamates (subject to hydrolysis) is 1. The third-order valence-corrected chi connectivity index (χ3v) is 3.32. The molecule has 0 bridgehead atoms. The van der Waals surface area contributed by atoms with Gasteiger partial charge in [-0.05, 0) is 18.4 Å². The highest BCUT2D eigenvalue weighted by molar-refractivity contribution is 5.67. The summed E-state index contributed by atoms with van der Waals surface area (Å²) < 4.78 is 5.17. The Kier molecular flexibility index (Phi) is 4.98. The van der Waals surface area contributed by atoms with Gasteiger partial charge in [-0.25, -0.2) is 4.79 Å². The van der Waals surface area contributed by atoms with E-state index in [0.717, 1.165) is 18.4 Å². The van der Waals surface area contributed by atoms with E-state index in [4.69, 9.17) is 4.74 Å². The maximum atomic E-state index is 11.7. The van der Waals surface area contributed by atoms with E-state index in [0.29, 0.717) is 0 Å². The highest BCUT2D eigenvalue weighted by Gasteiger charge is 2.23. The molecule has 0 aromatic heterocycles. The van der Waals surface area contributed by atoms with E-state index < -0.39 is 6.09 Å². The molecule has 4 nitrogen and oxygen atoms in total. The summed E-state index contributed by atoms with van der Waals surface area (Å²) in [5, 5.41) is 12.1. The minimum absolute atomic E-state index is 0.0433. The molecule has 1 aromatic carbocycles. The Labute approximate surface area is 113 Å². The lowest BCUT2D eigenvalue weighted by Crippen LogP contribution is -2.42. The van der Waals surface area contributed by atoms with Crippen molar-refractivity contribution in [2.75, 3.05) is 6.61 Å². The van der Waals surface area contributed by atoms with Crippen LogP contribution < -0.4 is 5.32 Å². The van der Waals surface area contributed by atoms with Gasteiger partial charge in [-0.1, -0.05) is 42.5 Å². The lowest BCUT2D eigenvalue weighted by molar-refractivity contribution is 0.123. The summed E-state index contributed by atoms with van der Waals surface area (Å²) in [5.41, 5.74) is 0.958. The molecule has 1 aliphatic rings. The zero-order valence-corrected chi connectivity index (χ0v) is 10.8. The fourth-order valence-electron chi connectivity index (χ4n) is 2.17. The molecule has 0 spiro atoms. The minimum Gasteiger partial charge on any atom is -0.445 e. The highest BCUT2D eigenvalue weighted by atomic mass is 16.5. The molecule has 1 aromatic rings. The number of allylic oxidation sites excluding steroid dienone is 1. The summed E-state index contributed by atoms with van der Waals surface area (Å²) in [4.78, 5) is 11.7. The van der Waals surface area contributed by atoms with Crippen LogP contribution in [-0.4, -0.2) is 23.8 Å². The van der Waals surface area contributed by atoms with Gasteiger partial charge in [0.15, 0.2) is 0 Å². The van der Waals surface area contributed by atoms with E-state index in [1.807, 2.05) is 42.5 Å². The Morgan fingerprint density at radius 2 is 2.00 bits per heavy atom. The van der Waals surface area contributed by atoms with Crippen molar-refractivity contribution < 1.29 is 14.6 Å². The number of carbonyl (C=O) groups is 1. The molecule has 0 saturated carbocycles. The van der Waals surface area contributed by atoms with Gasteiger partial charge in [0.1, 0.15) is 6.61 Å². The van der Waals surface area contributed by atoms with Crippen LogP contribution in [0.15, 0.2) is 42.5 Å². The predicted molar refractivity (Wildman–Crippen MR) is 72.5 cm³/mol. The minimum atomic E-state index is -0.428.